The predicted molar refractivity (Wildman–Crippen MR) is 57.8 cm³/mol. The van der Waals surface area contributed by atoms with Crippen molar-refractivity contribution in [2.75, 3.05) is 7.11 Å². The number of ether oxygens (including phenoxy) is 1. The lowest BCUT2D eigenvalue weighted by atomic mass is 9.75. The molecule has 4 heteroatoms. The van der Waals surface area contributed by atoms with E-state index in [0.717, 1.165) is 25.5 Å². The average Bonchev–Trinajstić information content (AvgIpc) is 2.49. The van der Waals surface area contributed by atoms with Gasteiger partial charge >= 0.3 is 5.97 Å². The van der Waals surface area contributed by atoms with Crippen LogP contribution in [0.4, 0.5) is 0 Å². The van der Waals surface area contributed by atoms with Gasteiger partial charge in [0.25, 0.3) is 0 Å². The molecule has 0 amide bonds. The minimum absolute atomic E-state index is 0.0568. The van der Waals surface area contributed by atoms with Gasteiger partial charge in [0.1, 0.15) is 17.5 Å². The van der Waals surface area contributed by atoms with Crippen LogP contribution in [0.25, 0.3) is 0 Å². The molecule has 1 aliphatic carbocycles. The summed E-state index contributed by atoms with van der Waals surface area (Å²) in [5.41, 5.74) is -1.05. The Morgan fingerprint density at radius 3 is 2.81 bits per heavy atom. The van der Waals surface area contributed by atoms with Crippen molar-refractivity contribution in [2.24, 2.45) is 5.41 Å². The molecule has 4 nitrogen and oxygen atoms in total. The Labute approximate surface area is 95.3 Å². The summed E-state index contributed by atoms with van der Waals surface area (Å²) in [4.78, 5) is 34.3. The van der Waals surface area contributed by atoms with Crippen LogP contribution >= 0.6 is 0 Å². The Kier molecular flexibility index (Phi) is 4.65. The summed E-state index contributed by atoms with van der Waals surface area (Å²) in [7, 11) is 1.29. The number of methoxy groups -OCH3 is 1. The summed E-state index contributed by atoms with van der Waals surface area (Å²) in [5.74, 6) is -0.528. The van der Waals surface area contributed by atoms with E-state index in [2.05, 4.69) is 0 Å². The van der Waals surface area contributed by atoms with E-state index in [1.54, 1.807) is 0 Å². The number of aldehydes is 1. The van der Waals surface area contributed by atoms with E-state index < -0.39 is 11.4 Å². The molecule has 16 heavy (non-hydrogen) atoms. The molecule has 0 heterocycles. The molecule has 0 aromatic carbocycles. The predicted octanol–water partition coefficient (Wildman–Crippen LogP) is 1.66. The zero-order chi connectivity index (χ0) is 12.0. The van der Waals surface area contributed by atoms with Gasteiger partial charge in [-0.15, -0.1) is 0 Å². The van der Waals surface area contributed by atoms with Gasteiger partial charge in [-0.3, -0.25) is 9.59 Å². The van der Waals surface area contributed by atoms with E-state index in [0.29, 0.717) is 19.3 Å². The molecule has 0 aromatic rings. The summed E-state index contributed by atoms with van der Waals surface area (Å²) in [5, 5.41) is 0. The highest BCUT2D eigenvalue weighted by Crippen LogP contribution is 2.37. The maximum Gasteiger partial charge on any atom is 0.319 e. The molecule has 90 valence electrons. The van der Waals surface area contributed by atoms with Gasteiger partial charge in [-0.1, -0.05) is 12.8 Å². The Morgan fingerprint density at radius 1 is 1.44 bits per heavy atom. The third-order valence-corrected chi connectivity index (χ3v) is 3.31. The van der Waals surface area contributed by atoms with E-state index in [1.165, 1.54) is 7.11 Å². The Bertz CT molecular complexity index is 285. The van der Waals surface area contributed by atoms with Gasteiger partial charge in [-0.05, 0) is 19.3 Å². The molecule has 1 unspecified atom stereocenters. The maximum atomic E-state index is 12.0. The highest BCUT2D eigenvalue weighted by atomic mass is 16.5. The molecule has 0 N–H and O–H groups in total. The van der Waals surface area contributed by atoms with Crippen LogP contribution in [0, 0.1) is 5.41 Å². The summed E-state index contributed by atoms with van der Waals surface area (Å²) < 4.78 is 4.74. The Hall–Kier alpha value is -1.19. The van der Waals surface area contributed by atoms with Crippen LogP contribution in [-0.4, -0.2) is 25.1 Å². The van der Waals surface area contributed by atoms with Crippen molar-refractivity contribution >= 4 is 18.0 Å². The standard InChI is InChI=1S/C12H18O4/c1-16-11(15)12(8-5-9-13)7-4-2-3-6-10(12)14/h9H,2-8H2,1H3. The number of Topliss-reactive ketones (excluding diaryl/α,β-unsaturated/α-hetero) is 1. The van der Waals surface area contributed by atoms with E-state index in [-0.39, 0.29) is 12.2 Å². The number of hydrogen-bond donors (Lipinski definition) is 0. The third kappa shape index (κ3) is 2.49. The molecule has 0 radical (unpaired) electrons. The van der Waals surface area contributed by atoms with Crippen molar-refractivity contribution in [3.8, 4) is 0 Å². The fraction of sp³-hybridized carbons (Fsp3) is 0.750. The van der Waals surface area contributed by atoms with Gasteiger partial charge in [0.2, 0.25) is 0 Å². The van der Waals surface area contributed by atoms with Crippen molar-refractivity contribution in [3.05, 3.63) is 0 Å². The lowest BCUT2D eigenvalue weighted by molar-refractivity contribution is -0.159. The Morgan fingerprint density at radius 2 is 2.19 bits per heavy atom. The first-order valence-electron chi connectivity index (χ1n) is 5.73. The van der Waals surface area contributed by atoms with Crippen LogP contribution in [0.15, 0.2) is 0 Å². The average molecular weight is 226 g/mol. The SMILES string of the molecule is COC(=O)C1(CCC=O)CCCCCC1=O. The number of carbonyl (C=O) groups is 3. The second-order valence-corrected chi connectivity index (χ2v) is 4.26. The van der Waals surface area contributed by atoms with Gasteiger partial charge in [0, 0.05) is 12.8 Å². The summed E-state index contributed by atoms with van der Waals surface area (Å²) in [6.45, 7) is 0. The molecule has 0 aliphatic heterocycles. The number of carbonyl (C=O) groups excluding carboxylic acids is 3. The number of hydrogen-bond acceptors (Lipinski definition) is 4. The fourth-order valence-corrected chi connectivity index (χ4v) is 2.35. The zero-order valence-corrected chi connectivity index (χ0v) is 9.66. The van der Waals surface area contributed by atoms with Gasteiger partial charge in [-0.25, -0.2) is 0 Å². The first kappa shape index (κ1) is 12.9. The number of ketones is 1. The maximum absolute atomic E-state index is 12.0. The third-order valence-electron chi connectivity index (χ3n) is 3.31. The molecule has 1 rings (SSSR count). The highest BCUT2D eigenvalue weighted by Gasteiger charge is 2.45. The molecular weight excluding hydrogens is 208 g/mol. The van der Waals surface area contributed by atoms with Crippen molar-refractivity contribution in [3.63, 3.8) is 0 Å². The minimum atomic E-state index is -1.05. The van der Waals surface area contributed by atoms with Gasteiger partial charge < -0.3 is 9.53 Å². The van der Waals surface area contributed by atoms with E-state index in [4.69, 9.17) is 4.74 Å². The van der Waals surface area contributed by atoms with Crippen LogP contribution in [0.5, 0.6) is 0 Å². The lowest BCUT2D eigenvalue weighted by Crippen LogP contribution is -2.39. The molecule has 1 fully saturated rings. The summed E-state index contributed by atoms with van der Waals surface area (Å²) >= 11 is 0. The minimum Gasteiger partial charge on any atom is -0.468 e. The smallest absolute Gasteiger partial charge is 0.319 e. The number of esters is 1. The molecule has 0 aromatic heterocycles. The topological polar surface area (TPSA) is 60.4 Å². The van der Waals surface area contributed by atoms with Gasteiger partial charge in [-0.2, -0.15) is 0 Å². The summed E-state index contributed by atoms with van der Waals surface area (Å²) in [6, 6.07) is 0. The van der Waals surface area contributed by atoms with Crippen molar-refractivity contribution < 1.29 is 19.1 Å². The van der Waals surface area contributed by atoms with Crippen LogP contribution in [0.3, 0.4) is 0 Å². The molecule has 0 spiro atoms. The van der Waals surface area contributed by atoms with E-state index >= 15 is 0 Å². The molecule has 1 aliphatic rings. The lowest BCUT2D eigenvalue weighted by Gasteiger charge is -2.27. The van der Waals surface area contributed by atoms with Crippen LogP contribution in [-0.2, 0) is 19.1 Å². The molecule has 1 saturated carbocycles. The second-order valence-electron chi connectivity index (χ2n) is 4.26. The van der Waals surface area contributed by atoms with Crippen LogP contribution in [0.1, 0.15) is 44.9 Å². The van der Waals surface area contributed by atoms with Gasteiger partial charge in [0.15, 0.2) is 0 Å². The van der Waals surface area contributed by atoms with E-state index in [9.17, 15) is 14.4 Å². The molecule has 0 bridgehead atoms. The summed E-state index contributed by atoms with van der Waals surface area (Å²) in [6.07, 6.45) is 4.87. The van der Waals surface area contributed by atoms with Gasteiger partial charge in [0.05, 0.1) is 7.11 Å². The van der Waals surface area contributed by atoms with Crippen molar-refractivity contribution in [2.45, 2.75) is 44.9 Å². The molecular formula is C12H18O4. The monoisotopic (exact) mass is 226 g/mol. The van der Waals surface area contributed by atoms with Crippen molar-refractivity contribution in [1.82, 2.24) is 0 Å². The quantitative estimate of drug-likeness (QED) is 0.316. The fourth-order valence-electron chi connectivity index (χ4n) is 2.35. The Balaban J connectivity index is 2.93. The molecule has 1 atom stereocenters. The first-order chi connectivity index (χ1) is 7.67. The van der Waals surface area contributed by atoms with Crippen molar-refractivity contribution in [1.29, 1.82) is 0 Å². The largest absolute Gasteiger partial charge is 0.468 e. The van der Waals surface area contributed by atoms with Crippen LogP contribution in [0.2, 0.25) is 0 Å². The highest BCUT2D eigenvalue weighted by molar-refractivity contribution is 6.04. The zero-order valence-electron chi connectivity index (χ0n) is 9.66. The normalized spacial score (nSPS) is 25.9. The first-order valence-corrected chi connectivity index (χ1v) is 5.73. The number of rotatable bonds is 4. The second kappa shape index (κ2) is 5.77. The molecule has 0 saturated heterocycles. The van der Waals surface area contributed by atoms with Crippen LogP contribution < -0.4 is 0 Å². The van der Waals surface area contributed by atoms with E-state index in [1.807, 2.05) is 0 Å².